The lowest BCUT2D eigenvalue weighted by Gasteiger charge is -2.37. The molecular formula is C30H49F2N5O6. The minimum atomic E-state index is -2.96. The Kier molecular flexibility index (Phi) is 10.2. The van der Waals surface area contributed by atoms with Crippen molar-refractivity contribution in [2.45, 2.75) is 117 Å². The Balaban J connectivity index is 1.77. The Labute approximate surface area is 252 Å². The fourth-order valence-electron chi connectivity index (χ4n) is 5.76. The van der Waals surface area contributed by atoms with Crippen LogP contribution >= 0.6 is 0 Å². The van der Waals surface area contributed by atoms with Gasteiger partial charge in [0.1, 0.15) is 12.1 Å². The van der Waals surface area contributed by atoms with Gasteiger partial charge < -0.3 is 31.3 Å². The third kappa shape index (κ3) is 8.63. The number of nitrogens with one attached hydrogen (secondary N) is 3. The molecule has 0 spiro atoms. The number of rotatable bonds is 12. The molecule has 5 amide bonds. The number of urea groups is 1. The molecule has 0 aromatic heterocycles. The number of nitrogens with zero attached hydrogens (tertiary/aromatic N) is 1. The van der Waals surface area contributed by atoms with Crippen LogP contribution in [-0.2, 0) is 23.9 Å². The van der Waals surface area contributed by atoms with Crippen LogP contribution in [0, 0.1) is 29.1 Å². The second-order valence-electron chi connectivity index (χ2n) is 14.8. The first-order valence-electron chi connectivity index (χ1n) is 15.2. The molecule has 2 aliphatic carbocycles. The van der Waals surface area contributed by atoms with Gasteiger partial charge in [-0.05, 0) is 63.2 Å². The average Bonchev–Trinajstić information content (AvgIpc) is 3.35. The number of hydrogen-bond donors (Lipinski definition) is 4. The fraction of sp³-hybridized carbons (Fsp3) is 0.833. The van der Waals surface area contributed by atoms with E-state index in [-0.39, 0.29) is 36.9 Å². The van der Waals surface area contributed by atoms with Crippen molar-refractivity contribution in [3.8, 4) is 0 Å². The Hall–Kier alpha value is -2.83. The normalized spacial score (nSPS) is 26.4. The molecule has 3 fully saturated rings. The monoisotopic (exact) mass is 613 g/mol. The van der Waals surface area contributed by atoms with Gasteiger partial charge in [-0.3, -0.25) is 19.2 Å². The average molecular weight is 614 g/mol. The number of hydrogen-bond acceptors (Lipinski definition) is 6. The number of ether oxygens (including phenoxy) is 1. The van der Waals surface area contributed by atoms with E-state index in [1.807, 2.05) is 34.6 Å². The lowest BCUT2D eigenvalue weighted by atomic mass is 9.73. The SMILES string of the molecule is CC(C)[C@@H](COC(C)(C)C)NC(=O)N[C@H](C(=O)N1C[C@@H]2CC[C@@H]2[C@H]1C(=O)NC(CC1CC1(F)F)C(=O)C(N)=O)C(C)(C)C. The van der Waals surface area contributed by atoms with Gasteiger partial charge in [-0.1, -0.05) is 34.6 Å². The molecule has 1 heterocycles. The van der Waals surface area contributed by atoms with E-state index in [9.17, 15) is 32.8 Å². The van der Waals surface area contributed by atoms with Crippen LogP contribution in [0.4, 0.5) is 13.6 Å². The summed E-state index contributed by atoms with van der Waals surface area (Å²) < 4.78 is 33.1. The third-order valence-electron chi connectivity index (χ3n) is 8.76. The molecule has 0 bridgehead atoms. The van der Waals surface area contributed by atoms with Crippen LogP contribution in [0.15, 0.2) is 0 Å². The molecule has 7 atom stereocenters. The van der Waals surface area contributed by atoms with Crippen LogP contribution in [0.5, 0.6) is 0 Å². The predicted octanol–water partition coefficient (Wildman–Crippen LogP) is 2.36. The second kappa shape index (κ2) is 12.6. The van der Waals surface area contributed by atoms with Crippen LogP contribution in [0.2, 0.25) is 0 Å². The van der Waals surface area contributed by atoms with Gasteiger partial charge in [-0.15, -0.1) is 0 Å². The van der Waals surface area contributed by atoms with E-state index in [2.05, 4.69) is 16.0 Å². The first kappa shape index (κ1) is 34.7. The molecule has 1 saturated heterocycles. The summed E-state index contributed by atoms with van der Waals surface area (Å²) in [6, 6.07) is -4.37. The number of ketones is 1. The molecular weight excluding hydrogens is 564 g/mol. The number of primary amides is 1. The van der Waals surface area contributed by atoms with Crippen LogP contribution in [0.25, 0.3) is 0 Å². The van der Waals surface area contributed by atoms with Gasteiger partial charge in [-0.2, -0.15) is 0 Å². The lowest BCUT2D eigenvalue weighted by molar-refractivity contribution is -0.144. The zero-order chi connectivity index (χ0) is 32.7. The molecule has 3 rings (SSSR count). The smallest absolute Gasteiger partial charge is 0.315 e. The van der Waals surface area contributed by atoms with Crippen molar-refractivity contribution in [1.82, 2.24) is 20.9 Å². The number of fused-ring (bicyclic) bond motifs is 1. The summed E-state index contributed by atoms with van der Waals surface area (Å²) in [5, 5.41) is 8.20. The Bertz CT molecular complexity index is 1100. The third-order valence-corrected chi connectivity index (χ3v) is 8.76. The number of carbonyl (C=O) groups is 5. The van der Waals surface area contributed by atoms with Crippen molar-refractivity contribution < 1.29 is 37.5 Å². The summed E-state index contributed by atoms with van der Waals surface area (Å²) in [4.78, 5) is 66.4. The largest absolute Gasteiger partial charge is 0.374 e. The van der Waals surface area contributed by atoms with Gasteiger partial charge >= 0.3 is 6.03 Å². The van der Waals surface area contributed by atoms with E-state index >= 15 is 0 Å². The summed E-state index contributed by atoms with van der Waals surface area (Å²) in [7, 11) is 0. The Morgan fingerprint density at radius 1 is 1.00 bits per heavy atom. The maximum Gasteiger partial charge on any atom is 0.315 e. The number of halogens is 2. The topological polar surface area (TPSA) is 160 Å². The minimum Gasteiger partial charge on any atom is -0.374 e. The fourth-order valence-corrected chi connectivity index (χ4v) is 5.76. The first-order chi connectivity index (χ1) is 19.6. The molecule has 11 nitrogen and oxygen atoms in total. The van der Waals surface area contributed by atoms with E-state index < -0.39 is 83.4 Å². The van der Waals surface area contributed by atoms with Crippen LogP contribution < -0.4 is 21.7 Å². The zero-order valence-corrected chi connectivity index (χ0v) is 26.6. The van der Waals surface area contributed by atoms with E-state index in [1.165, 1.54) is 4.90 Å². The molecule has 244 valence electrons. The Morgan fingerprint density at radius 3 is 2.05 bits per heavy atom. The maximum atomic E-state index is 14.1. The van der Waals surface area contributed by atoms with Gasteiger partial charge in [0, 0.05) is 18.9 Å². The molecule has 2 unspecified atom stereocenters. The number of carbonyl (C=O) groups excluding carboxylic acids is 5. The van der Waals surface area contributed by atoms with Crippen LogP contribution in [-0.4, -0.2) is 83.3 Å². The van der Waals surface area contributed by atoms with Gasteiger partial charge in [0.15, 0.2) is 0 Å². The van der Waals surface area contributed by atoms with Crippen molar-refractivity contribution in [2.24, 2.45) is 34.8 Å². The van der Waals surface area contributed by atoms with Crippen molar-refractivity contribution in [3.05, 3.63) is 0 Å². The number of amides is 5. The molecule has 0 aromatic carbocycles. The Morgan fingerprint density at radius 2 is 1.60 bits per heavy atom. The van der Waals surface area contributed by atoms with Gasteiger partial charge in [0.2, 0.25) is 17.6 Å². The standard InChI is InChI=1S/C30H49F2N5O6/c1-15(2)20(14-43-29(6,7)8)35-27(42)36-23(28(3,4)5)26(41)37-13-16-9-10-18(16)21(37)25(40)34-19(22(38)24(33)39)11-17-12-30(17,31)32/h15-21,23H,9-14H2,1-8H3,(H2,33,39)(H,34,40)(H2,35,36,42)/t16-,17?,18-,19?,20+,21-,23+/m0/s1. The molecule has 1 aliphatic heterocycles. The molecule has 3 aliphatic rings. The molecule has 43 heavy (non-hydrogen) atoms. The summed E-state index contributed by atoms with van der Waals surface area (Å²) in [6.45, 7) is 15.6. The molecule has 0 radical (unpaired) electrons. The van der Waals surface area contributed by atoms with Crippen LogP contribution in [0.3, 0.4) is 0 Å². The van der Waals surface area contributed by atoms with Crippen molar-refractivity contribution in [1.29, 1.82) is 0 Å². The molecule has 2 saturated carbocycles. The van der Waals surface area contributed by atoms with Gasteiger partial charge in [0.05, 0.1) is 24.3 Å². The quantitative estimate of drug-likeness (QED) is 0.247. The minimum absolute atomic E-state index is 0.0471. The lowest BCUT2D eigenvalue weighted by Crippen LogP contribution is -2.61. The number of likely N-dealkylation sites (tertiary alicyclic amines) is 1. The van der Waals surface area contributed by atoms with E-state index in [1.54, 1.807) is 20.8 Å². The number of nitrogens with two attached hydrogens (primary N) is 1. The highest BCUT2D eigenvalue weighted by Crippen LogP contribution is 2.51. The second-order valence-corrected chi connectivity index (χ2v) is 14.8. The van der Waals surface area contributed by atoms with E-state index in [0.717, 1.165) is 6.42 Å². The van der Waals surface area contributed by atoms with Crippen molar-refractivity contribution in [2.75, 3.05) is 13.2 Å². The molecule has 0 aromatic rings. The van der Waals surface area contributed by atoms with Gasteiger partial charge in [-0.25, -0.2) is 13.6 Å². The highest BCUT2D eigenvalue weighted by Gasteiger charge is 2.58. The predicted molar refractivity (Wildman–Crippen MR) is 155 cm³/mol. The number of alkyl halides is 2. The zero-order valence-electron chi connectivity index (χ0n) is 26.6. The summed E-state index contributed by atoms with van der Waals surface area (Å²) >= 11 is 0. The number of Topliss-reactive ketones (excluding diaryl/α,β-unsaturated/α-hetero) is 1. The summed E-state index contributed by atoms with van der Waals surface area (Å²) in [5.41, 5.74) is 4.00. The first-order valence-corrected chi connectivity index (χ1v) is 15.2. The highest BCUT2D eigenvalue weighted by atomic mass is 19.3. The molecule has 13 heteroatoms. The summed E-state index contributed by atoms with van der Waals surface area (Å²) in [5.74, 6) is -7.84. The summed E-state index contributed by atoms with van der Waals surface area (Å²) in [6.07, 6.45) is 0.608. The van der Waals surface area contributed by atoms with Crippen molar-refractivity contribution in [3.63, 3.8) is 0 Å². The maximum absolute atomic E-state index is 14.1. The van der Waals surface area contributed by atoms with Crippen LogP contribution in [0.1, 0.15) is 81.1 Å². The highest BCUT2D eigenvalue weighted by molar-refractivity contribution is 6.37. The van der Waals surface area contributed by atoms with Gasteiger partial charge in [0.25, 0.3) is 11.8 Å². The molecule has 5 N–H and O–H groups in total. The van der Waals surface area contributed by atoms with E-state index in [4.69, 9.17) is 10.5 Å². The van der Waals surface area contributed by atoms with E-state index in [0.29, 0.717) is 6.42 Å². The van der Waals surface area contributed by atoms with Crippen molar-refractivity contribution >= 4 is 29.5 Å².